The molecule has 1 saturated heterocycles. The van der Waals surface area contributed by atoms with Crippen molar-refractivity contribution in [3.05, 3.63) is 35.5 Å². The molecule has 4 nitrogen and oxygen atoms in total. The van der Waals surface area contributed by atoms with Gasteiger partial charge >= 0.3 is 0 Å². The second-order valence-electron chi connectivity index (χ2n) is 5.54. The third-order valence-corrected chi connectivity index (χ3v) is 4.13. The summed E-state index contributed by atoms with van der Waals surface area (Å²) in [6.07, 6.45) is 3.88. The van der Waals surface area contributed by atoms with Crippen molar-refractivity contribution >= 4 is 29.2 Å². The Balaban J connectivity index is 0.00000161. The van der Waals surface area contributed by atoms with Crippen LogP contribution in [0.15, 0.2) is 24.4 Å². The van der Waals surface area contributed by atoms with Crippen LogP contribution in [0.1, 0.15) is 17.5 Å². The fourth-order valence-corrected chi connectivity index (χ4v) is 2.91. The number of fused-ring (bicyclic) bond motifs is 1. The van der Waals surface area contributed by atoms with Crippen molar-refractivity contribution < 1.29 is 4.79 Å². The first-order chi connectivity index (χ1) is 9.75. The van der Waals surface area contributed by atoms with E-state index in [0.29, 0.717) is 6.54 Å². The van der Waals surface area contributed by atoms with Crippen LogP contribution in [0.5, 0.6) is 0 Å². The molecule has 1 aromatic carbocycles. The summed E-state index contributed by atoms with van der Waals surface area (Å²) >= 11 is 0. The van der Waals surface area contributed by atoms with Crippen molar-refractivity contribution in [2.24, 2.45) is 5.92 Å². The second-order valence-corrected chi connectivity index (χ2v) is 5.54. The molecule has 21 heavy (non-hydrogen) atoms. The average Bonchev–Trinajstić information content (AvgIpc) is 3.09. The number of rotatable bonds is 4. The van der Waals surface area contributed by atoms with Gasteiger partial charge in [-0.3, -0.25) is 4.79 Å². The van der Waals surface area contributed by atoms with E-state index in [1.165, 1.54) is 22.0 Å². The van der Waals surface area contributed by atoms with Crippen molar-refractivity contribution in [2.45, 2.75) is 19.8 Å². The molecule has 1 fully saturated rings. The number of hydrogen-bond donors (Lipinski definition) is 3. The molecular weight excluding hydrogens is 286 g/mol. The number of para-hydroxylation sites is 1. The van der Waals surface area contributed by atoms with Crippen LogP contribution in [0.2, 0.25) is 0 Å². The van der Waals surface area contributed by atoms with Gasteiger partial charge in [0.1, 0.15) is 0 Å². The molecule has 3 rings (SSSR count). The van der Waals surface area contributed by atoms with E-state index in [-0.39, 0.29) is 24.2 Å². The Kier molecular flexibility index (Phi) is 5.26. The quantitative estimate of drug-likeness (QED) is 0.811. The number of carbonyl (C=O) groups excluding carboxylic acids is 1. The number of H-pyrrole nitrogens is 1. The maximum atomic E-state index is 11.9. The zero-order valence-corrected chi connectivity index (χ0v) is 13.1. The van der Waals surface area contributed by atoms with E-state index in [1.807, 2.05) is 0 Å². The first-order valence-corrected chi connectivity index (χ1v) is 7.29. The van der Waals surface area contributed by atoms with Gasteiger partial charge in [-0.2, -0.15) is 0 Å². The van der Waals surface area contributed by atoms with Gasteiger partial charge in [-0.05, 0) is 37.4 Å². The highest BCUT2D eigenvalue weighted by atomic mass is 35.5. The molecule has 1 unspecified atom stereocenters. The van der Waals surface area contributed by atoms with Crippen molar-refractivity contribution in [1.29, 1.82) is 0 Å². The summed E-state index contributed by atoms with van der Waals surface area (Å²) in [6.45, 7) is 4.59. The molecule has 0 spiro atoms. The van der Waals surface area contributed by atoms with E-state index < -0.39 is 0 Å². The van der Waals surface area contributed by atoms with Crippen LogP contribution in [0.3, 0.4) is 0 Å². The van der Waals surface area contributed by atoms with Gasteiger partial charge in [-0.25, -0.2) is 0 Å². The molecule has 2 aromatic rings. The SMILES string of the molecule is Cc1cccc2c(CCNC(=O)C3CCNC3)c[nH]c12.Cl. The lowest BCUT2D eigenvalue weighted by Crippen LogP contribution is -2.33. The smallest absolute Gasteiger partial charge is 0.224 e. The topological polar surface area (TPSA) is 56.9 Å². The summed E-state index contributed by atoms with van der Waals surface area (Å²) in [5.74, 6) is 0.339. The molecule has 0 aliphatic carbocycles. The molecular formula is C16H22ClN3O. The van der Waals surface area contributed by atoms with Crippen molar-refractivity contribution in [3.63, 3.8) is 0 Å². The van der Waals surface area contributed by atoms with Gasteiger partial charge in [0, 0.05) is 30.2 Å². The number of amides is 1. The van der Waals surface area contributed by atoms with Crippen LogP contribution in [0, 0.1) is 12.8 Å². The van der Waals surface area contributed by atoms with Crippen molar-refractivity contribution in [1.82, 2.24) is 15.6 Å². The number of carbonyl (C=O) groups is 1. The first kappa shape index (κ1) is 15.9. The monoisotopic (exact) mass is 307 g/mol. The molecule has 0 radical (unpaired) electrons. The molecule has 1 atom stereocenters. The number of hydrogen-bond acceptors (Lipinski definition) is 2. The van der Waals surface area contributed by atoms with Gasteiger partial charge in [0.05, 0.1) is 5.92 Å². The highest BCUT2D eigenvalue weighted by Crippen LogP contribution is 2.21. The fraction of sp³-hybridized carbons (Fsp3) is 0.438. The molecule has 0 saturated carbocycles. The predicted octanol–water partition coefficient (Wildman–Crippen LogP) is 2.17. The standard InChI is InChI=1S/C16H21N3O.ClH/c1-11-3-2-4-14-12(10-19-15(11)14)6-8-18-16(20)13-5-7-17-9-13;/h2-4,10,13,17,19H,5-9H2,1H3,(H,18,20);1H. The van der Waals surface area contributed by atoms with Crippen LogP contribution in [-0.2, 0) is 11.2 Å². The molecule has 0 bridgehead atoms. The number of halogens is 1. The third kappa shape index (κ3) is 3.39. The summed E-state index contributed by atoms with van der Waals surface area (Å²) in [5, 5.41) is 7.54. The number of benzene rings is 1. The summed E-state index contributed by atoms with van der Waals surface area (Å²) in [6, 6.07) is 6.33. The molecule has 1 aromatic heterocycles. The summed E-state index contributed by atoms with van der Waals surface area (Å²) < 4.78 is 0. The Hall–Kier alpha value is -1.52. The largest absolute Gasteiger partial charge is 0.361 e. The molecule has 5 heteroatoms. The molecule has 1 aliphatic heterocycles. The second kappa shape index (κ2) is 6.96. The van der Waals surface area contributed by atoms with Gasteiger partial charge in [0.2, 0.25) is 5.91 Å². The van der Waals surface area contributed by atoms with E-state index in [0.717, 1.165) is 25.9 Å². The molecule has 2 heterocycles. The highest BCUT2D eigenvalue weighted by Gasteiger charge is 2.21. The molecule has 3 N–H and O–H groups in total. The van der Waals surface area contributed by atoms with Crippen molar-refractivity contribution in [2.75, 3.05) is 19.6 Å². The van der Waals surface area contributed by atoms with Gasteiger partial charge in [-0.15, -0.1) is 12.4 Å². The summed E-state index contributed by atoms with van der Waals surface area (Å²) in [7, 11) is 0. The maximum Gasteiger partial charge on any atom is 0.224 e. The summed E-state index contributed by atoms with van der Waals surface area (Å²) in [5.41, 5.74) is 3.73. The lowest BCUT2D eigenvalue weighted by atomic mass is 10.1. The Bertz CT molecular complexity index is 617. The van der Waals surface area contributed by atoms with Gasteiger partial charge in [-0.1, -0.05) is 18.2 Å². The molecule has 1 amide bonds. The Morgan fingerprint density at radius 3 is 3.05 bits per heavy atom. The Labute approximate surface area is 131 Å². The Morgan fingerprint density at radius 1 is 1.43 bits per heavy atom. The summed E-state index contributed by atoms with van der Waals surface area (Å²) in [4.78, 5) is 15.3. The Morgan fingerprint density at radius 2 is 2.29 bits per heavy atom. The van der Waals surface area contributed by atoms with Gasteiger partial charge in [0.15, 0.2) is 0 Å². The maximum absolute atomic E-state index is 11.9. The van der Waals surface area contributed by atoms with Crippen LogP contribution in [0.4, 0.5) is 0 Å². The lowest BCUT2D eigenvalue weighted by Gasteiger charge is -2.09. The molecule has 1 aliphatic rings. The van der Waals surface area contributed by atoms with E-state index in [9.17, 15) is 4.79 Å². The minimum Gasteiger partial charge on any atom is -0.361 e. The van der Waals surface area contributed by atoms with Crippen LogP contribution >= 0.6 is 12.4 Å². The highest BCUT2D eigenvalue weighted by molar-refractivity contribution is 5.86. The lowest BCUT2D eigenvalue weighted by molar-refractivity contribution is -0.124. The van der Waals surface area contributed by atoms with E-state index in [1.54, 1.807) is 0 Å². The van der Waals surface area contributed by atoms with Crippen LogP contribution in [0.25, 0.3) is 10.9 Å². The molecule has 114 valence electrons. The van der Waals surface area contributed by atoms with E-state index >= 15 is 0 Å². The normalized spacial score (nSPS) is 17.7. The number of aryl methyl sites for hydroxylation is 1. The zero-order chi connectivity index (χ0) is 13.9. The predicted molar refractivity (Wildman–Crippen MR) is 88.0 cm³/mol. The van der Waals surface area contributed by atoms with Gasteiger partial charge < -0.3 is 15.6 Å². The zero-order valence-electron chi connectivity index (χ0n) is 12.2. The number of aromatic amines is 1. The fourth-order valence-electron chi connectivity index (χ4n) is 2.91. The minimum absolute atomic E-state index is 0. The van der Waals surface area contributed by atoms with E-state index in [2.05, 4.69) is 46.9 Å². The van der Waals surface area contributed by atoms with Gasteiger partial charge in [0.25, 0.3) is 0 Å². The average molecular weight is 308 g/mol. The first-order valence-electron chi connectivity index (χ1n) is 7.29. The minimum atomic E-state index is 0. The number of nitrogens with one attached hydrogen (secondary N) is 3. The van der Waals surface area contributed by atoms with Crippen LogP contribution in [-0.4, -0.2) is 30.5 Å². The third-order valence-electron chi connectivity index (χ3n) is 4.13. The van der Waals surface area contributed by atoms with E-state index in [4.69, 9.17) is 0 Å². The number of aromatic nitrogens is 1. The van der Waals surface area contributed by atoms with Crippen molar-refractivity contribution in [3.8, 4) is 0 Å². The van der Waals surface area contributed by atoms with Crippen LogP contribution < -0.4 is 10.6 Å².